The molecule has 1 aromatic rings. The minimum atomic E-state index is -0.235. The Labute approximate surface area is 89.9 Å². The van der Waals surface area contributed by atoms with Crippen LogP contribution >= 0.6 is 0 Å². The minimum Gasteiger partial charge on any atom is -0.300 e. The average molecular weight is 206 g/mol. The minimum absolute atomic E-state index is 0.235. The fourth-order valence-corrected chi connectivity index (χ4v) is 1.45. The van der Waals surface area contributed by atoms with Gasteiger partial charge in [-0.05, 0) is 31.3 Å². The van der Waals surface area contributed by atoms with Crippen molar-refractivity contribution in [1.29, 1.82) is 5.26 Å². The maximum atomic E-state index is 13.4. The zero-order valence-electron chi connectivity index (χ0n) is 9.13. The highest BCUT2D eigenvalue weighted by Crippen LogP contribution is 2.12. The number of hydrogen-bond acceptors (Lipinski definition) is 2. The predicted octanol–water partition coefficient (Wildman–Crippen LogP) is 2.54. The van der Waals surface area contributed by atoms with Crippen LogP contribution < -0.4 is 0 Å². The average Bonchev–Trinajstić information content (AvgIpc) is 2.28. The molecule has 1 aromatic carbocycles. The molecular formula is C12H15FN2. The van der Waals surface area contributed by atoms with Gasteiger partial charge in [-0.25, -0.2) is 4.39 Å². The van der Waals surface area contributed by atoms with Crippen LogP contribution in [0, 0.1) is 17.1 Å². The van der Waals surface area contributed by atoms with E-state index in [0.29, 0.717) is 17.7 Å². The van der Waals surface area contributed by atoms with E-state index in [0.717, 1.165) is 13.1 Å². The third-order valence-corrected chi connectivity index (χ3v) is 2.46. The molecule has 3 heteroatoms. The molecule has 2 nitrogen and oxygen atoms in total. The lowest BCUT2D eigenvalue weighted by atomic mass is 10.1. The van der Waals surface area contributed by atoms with Gasteiger partial charge in [-0.1, -0.05) is 13.8 Å². The standard InChI is InChI=1S/C12H15FN2/c1-3-15(4-2)9-11-7-10(8-14)5-6-12(11)13/h5-7H,3-4,9H2,1-2H3. The highest BCUT2D eigenvalue weighted by Gasteiger charge is 2.07. The Bertz CT molecular complexity index is 364. The maximum absolute atomic E-state index is 13.4. The van der Waals surface area contributed by atoms with Crippen LogP contribution in [0.4, 0.5) is 4.39 Å². The second-order valence-electron chi connectivity index (χ2n) is 3.38. The molecule has 0 N–H and O–H groups in total. The molecule has 0 atom stereocenters. The topological polar surface area (TPSA) is 27.0 Å². The molecule has 0 unspecified atom stereocenters. The van der Waals surface area contributed by atoms with E-state index in [4.69, 9.17) is 5.26 Å². The number of nitriles is 1. The number of hydrogen-bond donors (Lipinski definition) is 0. The van der Waals surface area contributed by atoms with Crippen LogP contribution in [0.25, 0.3) is 0 Å². The van der Waals surface area contributed by atoms with Gasteiger partial charge in [-0.2, -0.15) is 5.26 Å². The van der Waals surface area contributed by atoms with Crippen molar-refractivity contribution in [3.8, 4) is 6.07 Å². The Morgan fingerprint density at radius 3 is 2.53 bits per heavy atom. The number of nitrogens with zero attached hydrogens (tertiary/aromatic N) is 2. The summed E-state index contributed by atoms with van der Waals surface area (Å²) in [6, 6.07) is 6.50. The van der Waals surface area contributed by atoms with E-state index in [1.807, 2.05) is 19.9 Å². The Morgan fingerprint density at radius 1 is 1.33 bits per heavy atom. The van der Waals surface area contributed by atoms with Crippen LogP contribution in [0.15, 0.2) is 18.2 Å². The van der Waals surface area contributed by atoms with Gasteiger partial charge in [0.15, 0.2) is 0 Å². The first kappa shape index (κ1) is 11.7. The summed E-state index contributed by atoms with van der Waals surface area (Å²) in [7, 11) is 0. The molecule has 0 saturated heterocycles. The molecule has 0 aliphatic heterocycles. The molecule has 0 aromatic heterocycles. The van der Waals surface area contributed by atoms with Crippen LogP contribution in [0.2, 0.25) is 0 Å². The molecule has 0 radical (unpaired) electrons. The number of rotatable bonds is 4. The van der Waals surface area contributed by atoms with Crippen LogP contribution in [-0.4, -0.2) is 18.0 Å². The van der Waals surface area contributed by atoms with Gasteiger partial charge >= 0.3 is 0 Å². The molecule has 0 spiro atoms. The van der Waals surface area contributed by atoms with Crippen molar-refractivity contribution in [3.05, 3.63) is 35.1 Å². The highest BCUT2D eigenvalue weighted by atomic mass is 19.1. The molecule has 80 valence electrons. The zero-order chi connectivity index (χ0) is 11.3. The van der Waals surface area contributed by atoms with Crippen molar-refractivity contribution >= 4 is 0 Å². The first-order valence-corrected chi connectivity index (χ1v) is 5.12. The van der Waals surface area contributed by atoms with Crippen LogP contribution in [0.1, 0.15) is 25.0 Å². The normalized spacial score (nSPS) is 10.3. The molecule has 0 amide bonds. The van der Waals surface area contributed by atoms with Gasteiger partial charge < -0.3 is 0 Å². The van der Waals surface area contributed by atoms with E-state index < -0.39 is 0 Å². The van der Waals surface area contributed by atoms with E-state index in [2.05, 4.69) is 4.90 Å². The lowest BCUT2D eigenvalue weighted by molar-refractivity contribution is 0.291. The van der Waals surface area contributed by atoms with Crippen molar-refractivity contribution in [2.75, 3.05) is 13.1 Å². The highest BCUT2D eigenvalue weighted by molar-refractivity contribution is 5.33. The van der Waals surface area contributed by atoms with Crippen LogP contribution in [-0.2, 0) is 6.54 Å². The van der Waals surface area contributed by atoms with Crippen LogP contribution in [0.3, 0.4) is 0 Å². The van der Waals surface area contributed by atoms with Gasteiger partial charge in [0.05, 0.1) is 11.6 Å². The molecular weight excluding hydrogens is 191 g/mol. The number of benzene rings is 1. The summed E-state index contributed by atoms with van der Waals surface area (Å²) in [6.45, 7) is 6.40. The first-order chi connectivity index (χ1) is 7.21. The Hall–Kier alpha value is -1.40. The molecule has 0 bridgehead atoms. The van der Waals surface area contributed by atoms with Gasteiger partial charge in [0.1, 0.15) is 5.82 Å². The van der Waals surface area contributed by atoms with Crippen molar-refractivity contribution in [2.45, 2.75) is 20.4 Å². The largest absolute Gasteiger partial charge is 0.300 e. The van der Waals surface area contributed by atoms with Gasteiger partial charge in [0.25, 0.3) is 0 Å². The third-order valence-electron chi connectivity index (χ3n) is 2.46. The smallest absolute Gasteiger partial charge is 0.127 e. The molecule has 0 fully saturated rings. The van der Waals surface area contributed by atoms with Crippen LogP contribution in [0.5, 0.6) is 0 Å². The van der Waals surface area contributed by atoms with Gasteiger partial charge in [-0.15, -0.1) is 0 Å². The monoisotopic (exact) mass is 206 g/mol. The number of halogens is 1. The van der Waals surface area contributed by atoms with E-state index in [1.54, 1.807) is 6.07 Å². The fraction of sp³-hybridized carbons (Fsp3) is 0.417. The van der Waals surface area contributed by atoms with Crippen molar-refractivity contribution in [3.63, 3.8) is 0 Å². The molecule has 1 rings (SSSR count). The summed E-state index contributed by atoms with van der Waals surface area (Å²) in [5.41, 5.74) is 1.11. The van der Waals surface area contributed by atoms with E-state index in [-0.39, 0.29) is 5.82 Å². The van der Waals surface area contributed by atoms with Gasteiger partial charge in [0, 0.05) is 12.1 Å². The molecule has 0 saturated carbocycles. The zero-order valence-corrected chi connectivity index (χ0v) is 9.13. The van der Waals surface area contributed by atoms with E-state index in [1.165, 1.54) is 12.1 Å². The summed E-state index contributed by atoms with van der Waals surface area (Å²) in [6.07, 6.45) is 0. The first-order valence-electron chi connectivity index (χ1n) is 5.12. The second kappa shape index (κ2) is 5.47. The Morgan fingerprint density at radius 2 is 2.00 bits per heavy atom. The molecule has 0 aliphatic carbocycles. The van der Waals surface area contributed by atoms with Crippen molar-refractivity contribution < 1.29 is 4.39 Å². The van der Waals surface area contributed by atoms with E-state index in [9.17, 15) is 4.39 Å². The van der Waals surface area contributed by atoms with Gasteiger partial charge in [0.2, 0.25) is 0 Å². The van der Waals surface area contributed by atoms with E-state index >= 15 is 0 Å². The fourth-order valence-electron chi connectivity index (χ4n) is 1.45. The SMILES string of the molecule is CCN(CC)Cc1cc(C#N)ccc1F. The lowest BCUT2D eigenvalue weighted by Crippen LogP contribution is -2.22. The van der Waals surface area contributed by atoms with Crippen molar-refractivity contribution in [2.24, 2.45) is 0 Å². The Kier molecular flexibility index (Phi) is 4.26. The summed E-state index contributed by atoms with van der Waals surface area (Å²) >= 11 is 0. The molecule has 0 heterocycles. The lowest BCUT2D eigenvalue weighted by Gasteiger charge is -2.18. The summed E-state index contributed by atoms with van der Waals surface area (Å²) in [5.74, 6) is -0.235. The summed E-state index contributed by atoms with van der Waals surface area (Å²) in [5, 5.41) is 8.72. The summed E-state index contributed by atoms with van der Waals surface area (Å²) < 4.78 is 13.4. The molecule has 0 aliphatic rings. The second-order valence-corrected chi connectivity index (χ2v) is 3.38. The Balaban J connectivity index is 2.88. The molecule has 15 heavy (non-hydrogen) atoms. The summed E-state index contributed by atoms with van der Waals surface area (Å²) in [4.78, 5) is 2.11. The third kappa shape index (κ3) is 3.03. The quantitative estimate of drug-likeness (QED) is 0.757. The predicted molar refractivity (Wildman–Crippen MR) is 57.7 cm³/mol. The maximum Gasteiger partial charge on any atom is 0.127 e. The van der Waals surface area contributed by atoms with Crippen molar-refractivity contribution in [1.82, 2.24) is 4.90 Å². The van der Waals surface area contributed by atoms with Gasteiger partial charge in [-0.3, -0.25) is 4.90 Å².